The number of carbonyl (C=O) groups excluding carboxylic acids is 1. The summed E-state index contributed by atoms with van der Waals surface area (Å²) in [5, 5.41) is 1.56. The van der Waals surface area contributed by atoms with Crippen molar-refractivity contribution in [2.45, 2.75) is 26.8 Å². The van der Waals surface area contributed by atoms with Crippen molar-refractivity contribution in [1.29, 1.82) is 0 Å². The minimum Gasteiger partial charge on any atom is -0.480 e. The molecule has 0 bridgehead atoms. The summed E-state index contributed by atoms with van der Waals surface area (Å²) in [6.07, 6.45) is 0. The van der Waals surface area contributed by atoms with Crippen LogP contribution in [0.2, 0.25) is 10.0 Å². The Hall–Kier alpha value is -2.30. The van der Waals surface area contributed by atoms with E-state index in [1.807, 2.05) is 63.2 Å². The summed E-state index contributed by atoms with van der Waals surface area (Å²) in [5.74, 6) is 0.202. The van der Waals surface area contributed by atoms with Gasteiger partial charge in [-0.3, -0.25) is 4.79 Å². The quantitative estimate of drug-likeness (QED) is 0.551. The standard InChI is InChI=1S/C21H20Cl2N2O2/c1-13(2)25(15-7-5-4-6-8-15)19(26)12-27-21-18(23)11-17(22)16-10-9-14(3)24-20(16)21/h4-11,13H,12H2,1-3H3. The molecule has 140 valence electrons. The van der Waals surface area contributed by atoms with Crippen LogP contribution < -0.4 is 9.64 Å². The molecule has 0 aliphatic rings. The average molecular weight is 403 g/mol. The van der Waals surface area contributed by atoms with Crippen LogP contribution in [0, 0.1) is 6.92 Å². The van der Waals surface area contributed by atoms with E-state index in [0.29, 0.717) is 21.3 Å². The van der Waals surface area contributed by atoms with E-state index >= 15 is 0 Å². The Morgan fingerprint density at radius 1 is 1.11 bits per heavy atom. The first-order valence-corrected chi connectivity index (χ1v) is 9.39. The third kappa shape index (κ3) is 4.18. The Morgan fingerprint density at radius 2 is 1.81 bits per heavy atom. The van der Waals surface area contributed by atoms with Gasteiger partial charge < -0.3 is 9.64 Å². The topological polar surface area (TPSA) is 42.4 Å². The molecule has 0 radical (unpaired) electrons. The SMILES string of the molecule is Cc1ccc2c(Cl)cc(Cl)c(OCC(=O)N(c3ccccc3)C(C)C)c2n1. The number of aromatic nitrogens is 1. The van der Waals surface area contributed by atoms with Gasteiger partial charge in [-0.15, -0.1) is 0 Å². The Labute approximate surface area is 168 Å². The smallest absolute Gasteiger partial charge is 0.265 e. The highest BCUT2D eigenvalue weighted by molar-refractivity contribution is 6.39. The first kappa shape index (κ1) is 19.5. The van der Waals surface area contributed by atoms with E-state index in [0.717, 1.165) is 16.8 Å². The fourth-order valence-corrected chi connectivity index (χ4v) is 3.52. The van der Waals surface area contributed by atoms with Crippen molar-refractivity contribution in [3.63, 3.8) is 0 Å². The van der Waals surface area contributed by atoms with Crippen LogP contribution in [-0.4, -0.2) is 23.5 Å². The molecule has 0 aliphatic heterocycles. The largest absolute Gasteiger partial charge is 0.480 e. The van der Waals surface area contributed by atoms with Gasteiger partial charge in [-0.05, 0) is 51.1 Å². The molecule has 0 aliphatic carbocycles. The second kappa shape index (κ2) is 8.15. The van der Waals surface area contributed by atoms with Gasteiger partial charge in [0.25, 0.3) is 5.91 Å². The van der Waals surface area contributed by atoms with Crippen LogP contribution in [0.1, 0.15) is 19.5 Å². The lowest BCUT2D eigenvalue weighted by atomic mass is 10.2. The number of carbonyl (C=O) groups is 1. The zero-order valence-electron chi connectivity index (χ0n) is 15.4. The maximum Gasteiger partial charge on any atom is 0.265 e. The predicted octanol–water partition coefficient (Wildman–Crippen LogP) is 5.67. The third-order valence-corrected chi connectivity index (χ3v) is 4.73. The number of pyridine rings is 1. The number of anilines is 1. The van der Waals surface area contributed by atoms with Gasteiger partial charge in [0.2, 0.25) is 0 Å². The number of ether oxygens (including phenoxy) is 1. The van der Waals surface area contributed by atoms with Crippen molar-refractivity contribution in [2.75, 3.05) is 11.5 Å². The fourth-order valence-electron chi connectivity index (χ4n) is 2.95. The van der Waals surface area contributed by atoms with Gasteiger partial charge in [0.15, 0.2) is 12.4 Å². The predicted molar refractivity (Wildman–Crippen MR) is 111 cm³/mol. The van der Waals surface area contributed by atoms with Crippen LogP contribution >= 0.6 is 23.2 Å². The molecule has 0 N–H and O–H groups in total. The van der Waals surface area contributed by atoms with Crippen LogP contribution in [0.25, 0.3) is 10.9 Å². The highest BCUT2D eigenvalue weighted by Crippen LogP contribution is 2.37. The normalized spacial score (nSPS) is 11.0. The van der Waals surface area contributed by atoms with Crippen molar-refractivity contribution in [1.82, 2.24) is 4.98 Å². The monoisotopic (exact) mass is 402 g/mol. The van der Waals surface area contributed by atoms with Gasteiger partial charge in [0, 0.05) is 22.8 Å². The molecule has 3 rings (SSSR count). The maximum absolute atomic E-state index is 12.9. The summed E-state index contributed by atoms with van der Waals surface area (Å²) in [5.41, 5.74) is 2.18. The third-order valence-electron chi connectivity index (χ3n) is 4.14. The zero-order chi connectivity index (χ0) is 19.6. The Morgan fingerprint density at radius 3 is 2.48 bits per heavy atom. The van der Waals surface area contributed by atoms with Crippen molar-refractivity contribution in [2.24, 2.45) is 0 Å². The maximum atomic E-state index is 12.9. The van der Waals surface area contributed by atoms with Gasteiger partial charge in [0.05, 0.1) is 10.0 Å². The van der Waals surface area contributed by atoms with E-state index in [1.165, 1.54) is 0 Å². The molecule has 0 spiro atoms. The number of halogens is 2. The lowest BCUT2D eigenvalue weighted by Gasteiger charge is -2.27. The molecule has 1 heterocycles. The van der Waals surface area contributed by atoms with E-state index in [1.54, 1.807) is 11.0 Å². The second-order valence-corrected chi connectivity index (χ2v) is 7.31. The molecule has 4 nitrogen and oxygen atoms in total. The molecule has 0 atom stereocenters. The Balaban J connectivity index is 1.90. The molecule has 0 saturated carbocycles. The Bertz CT molecular complexity index is 975. The highest BCUT2D eigenvalue weighted by Gasteiger charge is 2.21. The molecule has 0 fully saturated rings. The number of rotatable bonds is 5. The first-order chi connectivity index (χ1) is 12.9. The van der Waals surface area contributed by atoms with Crippen molar-refractivity contribution >= 4 is 45.7 Å². The van der Waals surface area contributed by atoms with E-state index in [-0.39, 0.29) is 18.6 Å². The number of hydrogen-bond donors (Lipinski definition) is 0. The zero-order valence-corrected chi connectivity index (χ0v) is 16.9. The molecule has 0 saturated heterocycles. The molecular weight excluding hydrogens is 383 g/mol. The first-order valence-electron chi connectivity index (χ1n) is 8.63. The van der Waals surface area contributed by atoms with E-state index in [4.69, 9.17) is 27.9 Å². The number of aryl methyl sites for hydroxylation is 1. The number of para-hydroxylation sites is 1. The minimum absolute atomic E-state index is 0.0127. The van der Waals surface area contributed by atoms with Gasteiger partial charge in [-0.1, -0.05) is 41.4 Å². The molecule has 3 aromatic rings. The molecule has 1 aromatic heterocycles. The molecule has 27 heavy (non-hydrogen) atoms. The van der Waals surface area contributed by atoms with E-state index in [9.17, 15) is 4.79 Å². The number of benzene rings is 2. The summed E-state index contributed by atoms with van der Waals surface area (Å²) in [6, 6.07) is 14.8. The van der Waals surface area contributed by atoms with Gasteiger partial charge in [-0.2, -0.15) is 0 Å². The minimum atomic E-state index is -0.164. The molecule has 1 amide bonds. The van der Waals surface area contributed by atoms with E-state index in [2.05, 4.69) is 4.98 Å². The van der Waals surface area contributed by atoms with Gasteiger partial charge in [0.1, 0.15) is 5.52 Å². The Kier molecular flexibility index (Phi) is 5.88. The molecule has 2 aromatic carbocycles. The summed E-state index contributed by atoms with van der Waals surface area (Å²) >= 11 is 12.6. The van der Waals surface area contributed by atoms with Crippen LogP contribution in [0.3, 0.4) is 0 Å². The number of fused-ring (bicyclic) bond motifs is 1. The van der Waals surface area contributed by atoms with Crippen molar-refractivity contribution in [3.8, 4) is 5.75 Å². The van der Waals surface area contributed by atoms with Crippen molar-refractivity contribution in [3.05, 3.63) is 64.3 Å². The number of nitrogens with zero attached hydrogens (tertiary/aromatic N) is 2. The van der Waals surface area contributed by atoms with Crippen molar-refractivity contribution < 1.29 is 9.53 Å². The summed E-state index contributed by atoms with van der Waals surface area (Å²) in [6.45, 7) is 5.64. The van der Waals surface area contributed by atoms with Crippen LogP contribution in [-0.2, 0) is 4.79 Å². The number of amides is 1. The summed E-state index contributed by atoms with van der Waals surface area (Å²) in [4.78, 5) is 19.0. The molecular formula is C21H20Cl2N2O2. The second-order valence-electron chi connectivity index (χ2n) is 6.50. The van der Waals surface area contributed by atoms with E-state index < -0.39 is 0 Å². The van der Waals surface area contributed by atoms with Gasteiger partial charge >= 0.3 is 0 Å². The highest BCUT2D eigenvalue weighted by atomic mass is 35.5. The molecule has 6 heteroatoms. The van der Waals surface area contributed by atoms with Crippen LogP contribution in [0.15, 0.2) is 48.5 Å². The lowest BCUT2D eigenvalue weighted by Crippen LogP contribution is -2.40. The lowest BCUT2D eigenvalue weighted by molar-refractivity contribution is -0.120. The molecule has 0 unspecified atom stereocenters. The summed E-state index contributed by atoms with van der Waals surface area (Å²) in [7, 11) is 0. The fraction of sp³-hybridized carbons (Fsp3) is 0.238. The van der Waals surface area contributed by atoms with Gasteiger partial charge in [-0.25, -0.2) is 4.98 Å². The van der Waals surface area contributed by atoms with Crippen LogP contribution in [0.5, 0.6) is 5.75 Å². The average Bonchev–Trinajstić information content (AvgIpc) is 2.62. The summed E-state index contributed by atoms with van der Waals surface area (Å²) < 4.78 is 5.83. The van der Waals surface area contributed by atoms with Crippen LogP contribution in [0.4, 0.5) is 5.69 Å². The number of hydrogen-bond acceptors (Lipinski definition) is 3.